The van der Waals surface area contributed by atoms with Gasteiger partial charge in [-0.1, -0.05) is 0 Å². The quantitative estimate of drug-likeness (QED) is 0.662. The third-order valence-electron chi connectivity index (χ3n) is 4.91. The van der Waals surface area contributed by atoms with Crippen molar-refractivity contribution in [3.63, 3.8) is 0 Å². The van der Waals surface area contributed by atoms with Crippen LogP contribution in [0.5, 0.6) is 5.75 Å². The maximum absolute atomic E-state index is 12.0. The number of primary amides is 1. The summed E-state index contributed by atoms with van der Waals surface area (Å²) >= 11 is 0. The van der Waals surface area contributed by atoms with Crippen molar-refractivity contribution in [1.82, 2.24) is 4.90 Å². The van der Waals surface area contributed by atoms with Gasteiger partial charge in [-0.15, -0.1) is 0 Å². The van der Waals surface area contributed by atoms with Gasteiger partial charge < -0.3 is 15.2 Å². The van der Waals surface area contributed by atoms with E-state index in [1.165, 1.54) is 12.1 Å². The molecule has 0 saturated carbocycles. The number of hydrogen-bond donors (Lipinski definition) is 1. The highest BCUT2D eigenvalue weighted by Gasteiger charge is 2.40. The molecule has 2 N–H and O–H groups in total. The van der Waals surface area contributed by atoms with Gasteiger partial charge in [0, 0.05) is 29.8 Å². The molecule has 0 spiro atoms. The van der Waals surface area contributed by atoms with Crippen LogP contribution in [0.3, 0.4) is 0 Å². The zero-order chi connectivity index (χ0) is 17.3. The lowest BCUT2D eigenvalue weighted by Gasteiger charge is -2.42. The van der Waals surface area contributed by atoms with Crippen LogP contribution in [-0.2, 0) is 22.7 Å². The minimum atomic E-state index is -0.749. The number of nitrogens with zero attached hydrogens (tertiary/aromatic N) is 2. The molecular weight excluding hydrogens is 314 g/mol. The van der Waals surface area contributed by atoms with Gasteiger partial charge in [0.15, 0.2) is 6.79 Å². The van der Waals surface area contributed by atoms with Crippen molar-refractivity contribution in [2.45, 2.75) is 44.9 Å². The van der Waals surface area contributed by atoms with E-state index >= 15 is 0 Å². The zero-order valence-electron chi connectivity index (χ0n) is 13.6. The number of nitro groups is 1. The van der Waals surface area contributed by atoms with Gasteiger partial charge in [0.2, 0.25) is 5.91 Å². The molecule has 1 unspecified atom stereocenters. The molecule has 3 rings (SSSR count). The SMILES string of the molecule is CC1(C(N)=O)CCCCN1Cc1cc([N+](=O)[O-])cc2c1OCOC2. The van der Waals surface area contributed by atoms with E-state index in [1.807, 2.05) is 11.8 Å². The van der Waals surface area contributed by atoms with Crippen LogP contribution < -0.4 is 10.5 Å². The molecule has 1 atom stereocenters. The van der Waals surface area contributed by atoms with Gasteiger partial charge in [-0.2, -0.15) is 0 Å². The molecule has 1 aromatic rings. The van der Waals surface area contributed by atoms with Crippen molar-refractivity contribution >= 4 is 11.6 Å². The topological polar surface area (TPSA) is 108 Å². The van der Waals surface area contributed by atoms with E-state index in [4.69, 9.17) is 15.2 Å². The van der Waals surface area contributed by atoms with Gasteiger partial charge in [0.1, 0.15) is 5.75 Å². The Morgan fingerprint density at radius 1 is 1.46 bits per heavy atom. The van der Waals surface area contributed by atoms with Crippen LogP contribution in [0.1, 0.15) is 37.3 Å². The van der Waals surface area contributed by atoms with Gasteiger partial charge in [0.25, 0.3) is 5.69 Å². The number of non-ortho nitro benzene ring substituents is 1. The van der Waals surface area contributed by atoms with Crippen molar-refractivity contribution in [1.29, 1.82) is 0 Å². The Labute approximate surface area is 139 Å². The predicted octanol–water partition coefficient (Wildman–Crippen LogP) is 1.69. The maximum Gasteiger partial charge on any atom is 0.270 e. The van der Waals surface area contributed by atoms with Crippen molar-refractivity contribution < 1.29 is 19.2 Å². The standard InChI is InChI=1S/C16H21N3O5/c1-16(15(17)20)4-2-3-5-18(16)8-11-6-13(19(21)22)7-12-9-23-10-24-14(11)12/h6-7H,2-5,8-10H2,1H3,(H2,17,20). The lowest BCUT2D eigenvalue weighted by molar-refractivity contribution is -0.385. The first-order valence-corrected chi connectivity index (χ1v) is 7.97. The van der Waals surface area contributed by atoms with Crippen LogP contribution in [0.2, 0.25) is 0 Å². The van der Waals surface area contributed by atoms with E-state index in [0.29, 0.717) is 36.4 Å². The van der Waals surface area contributed by atoms with Crippen LogP contribution in [-0.4, -0.2) is 34.6 Å². The number of hydrogen-bond acceptors (Lipinski definition) is 6. The Morgan fingerprint density at radius 2 is 2.25 bits per heavy atom. The number of fused-ring (bicyclic) bond motifs is 1. The Hall–Kier alpha value is -2.19. The number of amides is 1. The average molecular weight is 335 g/mol. The van der Waals surface area contributed by atoms with Crippen LogP contribution in [0.25, 0.3) is 0 Å². The first kappa shape index (κ1) is 16.7. The Bertz CT molecular complexity index is 678. The predicted molar refractivity (Wildman–Crippen MR) is 85.2 cm³/mol. The summed E-state index contributed by atoms with van der Waals surface area (Å²) in [5.41, 5.74) is 6.22. The number of piperidine rings is 1. The fraction of sp³-hybridized carbons (Fsp3) is 0.562. The average Bonchev–Trinajstić information content (AvgIpc) is 2.56. The summed E-state index contributed by atoms with van der Waals surface area (Å²) in [6.07, 6.45) is 2.58. The van der Waals surface area contributed by atoms with Crippen LogP contribution in [0.15, 0.2) is 12.1 Å². The molecule has 2 aliphatic rings. The molecule has 8 heteroatoms. The number of carbonyl (C=O) groups is 1. The summed E-state index contributed by atoms with van der Waals surface area (Å²) < 4.78 is 10.8. The summed E-state index contributed by atoms with van der Waals surface area (Å²) in [4.78, 5) is 24.7. The van der Waals surface area contributed by atoms with Gasteiger partial charge in [-0.25, -0.2) is 0 Å². The van der Waals surface area contributed by atoms with E-state index in [9.17, 15) is 14.9 Å². The lowest BCUT2D eigenvalue weighted by atomic mass is 9.87. The molecule has 1 saturated heterocycles. The van der Waals surface area contributed by atoms with E-state index in [1.54, 1.807) is 0 Å². The molecule has 1 aromatic carbocycles. The van der Waals surface area contributed by atoms with E-state index < -0.39 is 10.5 Å². The van der Waals surface area contributed by atoms with Crippen molar-refractivity contribution in [3.8, 4) is 5.75 Å². The minimum Gasteiger partial charge on any atom is -0.467 e. The normalized spacial score (nSPS) is 24.0. The number of nitrogens with two attached hydrogens (primary N) is 1. The van der Waals surface area contributed by atoms with Gasteiger partial charge in [-0.3, -0.25) is 19.8 Å². The van der Waals surface area contributed by atoms with Crippen molar-refractivity contribution in [2.24, 2.45) is 5.73 Å². The second-order valence-electron chi connectivity index (χ2n) is 6.48. The molecule has 1 amide bonds. The monoisotopic (exact) mass is 335 g/mol. The molecule has 0 aromatic heterocycles. The number of nitro benzene ring substituents is 1. The molecule has 0 aliphatic carbocycles. The molecule has 0 radical (unpaired) electrons. The van der Waals surface area contributed by atoms with Gasteiger partial charge >= 0.3 is 0 Å². The van der Waals surface area contributed by atoms with Crippen molar-refractivity contribution in [2.75, 3.05) is 13.3 Å². The first-order valence-electron chi connectivity index (χ1n) is 7.97. The minimum absolute atomic E-state index is 0.00404. The second kappa shape index (κ2) is 6.37. The molecule has 8 nitrogen and oxygen atoms in total. The Morgan fingerprint density at radius 3 is 2.96 bits per heavy atom. The third kappa shape index (κ3) is 2.94. The highest BCUT2D eigenvalue weighted by atomic mass is 16.7. The Kier molecular flexibility index (Phi) is 4.42. The zero-order valence-corrected chi connectivity index (χ0v) is 13.6. The van der Waals surface area contributed by atoms with E-state index in [-0.39, 0.29) is 25.0 Å². The molecule has 130 valence electrons. The smallest absolute Gasteiger partial charge is 0.270 e. The lowest BCUT2D eigenvalue weighted by Crippen LogP contribution is -2.57. The van der Waals surface area contributed by atoms with Crippen LogP contribution in [0, 0.1) is 10.1 Å². The molecule has 2 heterocycles. The second-order valence-corrected chi connectivity index (χ2v) is 6.48. The number of rotatable bonds is 4. The third-order valence-corrected chi connectivity index (χ3v) is 4.91. The van der Waals surface area contributed by atoms with E-state index in [2.05, 4.69) is 0 Å². The fourth-order valence-electron chi connectivity index (χ4n) is 3.42. The molecule has 2 aliphatic heterocycles. The summed E-state index contributed by atoms with van der Waals surface area (Å²) in [5, 5.41) is 11.2. The number of benzene rings is 1. The van der Waals surface area contributed by atoms with Crippen LogP contribution in [0.4, 0.5) is 5.69 Å². The number of likely N-dealkylation sites (tertiary alicyclic amines) is 1. The largest absolute Gasteiger partial charge is 0.467 e. The summed E-state index contributed by atoms with van der Waals surface area (Å²) in [7, 11) is 0. The maximum atomic E-state index is 12.0. The number of carbonyl (C=O) groups excluding carboxylic acids is 1. The van der Waals surface area contributed by atoms with Crippen LogP contribution >= 0.6 is 0 Å². The number of ether oxygens (including phenoxy) is 2. The highest BCUT2D eigenvalue weighted by Crippen LogP contribution is 2.36. The summed E-state index contributed by atoms with van der Waals surface area (Å²) in [6, 6.07) is 2.99. The summed E-state index contributed by atoms with van der Waals surface area (Å²) in [5.74, 6) is 0.245. The summed E-state index contributed by atoms with van der Waals surface area (Å²) in [6.45, 7) is 3.32. The fourth-order valence-corrected chi connectivity index (χ4v) is 3.42. The van der Waals surface area contributed by atoms with Gasteiger partial charge in [0.05, 0.1) is 17.1 Å². The Balaban J connectivity index is 1.97. The highest BCUT2D eigenvalue weighted by molar-refractivity contribution is 5.84. The van der Waals surface area contributed by atoms with Crippen molar-refractivity contribution in [3.05, 3.63) is 33.4 Å². The molecular formula is C16H21N3O5. The van der Waals surface area contributed by atoms with Gasteiger partial charge in [-0.05, 0) is 32.7 Å². The molecule has 0 bridgehead atoms. The molecule has 24 heavy (non-hydrogen) atoms. The molecule has 1 fully saturated rings. The first-order chi connectivity index (χ1) is 11.4. The van der Waals surface area contributed by atoms with E-state index in [0.717, 1.165) is 12.8 Å².